The van der Waals surface area contributed by atoms with Crippen molar-refractivity contribution in [3.63, 3.8) is 0 Å². The van der Waals surface area contributed by atoms with Gasteiger partial charge in [0.15, 0.2) is 18.9 Å². The molecule has 0 unspecified atom stereocenters. The summed E-state index contributed by atoms with van der Waals surface area (Å²) in [5, 5.41) is 0.709. The van der Waals surface area contributed by atoms with Gasteiger partial charge >= 0.3 is 0 Å². The molecule has 3 saturated heterocycles. The summed E-state index contributed by atoms with van der Waals surface area (Å²) in [5.74, 6) is -1.85. The molecule has 4 aliphatic rings. The Kier molecular flexibility index (Phi) is 3.48. The molecule has 0 radical (unpaired) electrons. The molecule has 3 fully saturated rings. The van der Waals surface area contributed by atoms with E-state index >= 15 is 0 Å². The number of carbonyl (C=O) groups is 2. The largest absolute Gasteiger partial charge is 0.346 e. The number of fused-ring (bicyclic) bond motifs is 4. The molecular weight excluding hydrogens is 346 g/mol. The van der Waals surface area contributed by atoms with E-state index in [4.69, 9.17) is 28.5 Å². The van der Waals surface area contributed by atoms with Gasteiger partial charge in [0.2, 0.25) is 6.29 Å². The maximum atomic E-state index is 12.5. The van der Waals surface area contributed by atoms with Crippen molar-refractivity contribution in [1.82, 2.24) is 5.06 Å². The monoisotopic (exact) mass is 363 g/mol. The first-order chi connectivity index (χ1) is 12.4. The average molecular weight is 363 g/mol. The number of ether oxygens (including phenoxy) is 5. The van der Waals surface area contributed by atoms with Gasteiger partial charge in [0, 0.05) is 0 Å². The van der Waals surface area contributed by atoms with Crippen molar-refractivity contribution in [1.29, 1.82) is 0 Å². The molecule has 0 aromatic heterocycles. The maximum absolute atomic E-state index is 12.5. The number of hydrogen-bond donors (Lipinski definition) is 0. The molecule has 4 aliphatic heterocycles. The summed E-state index contributed by atoms with van der Waals surface area (Å²) in [7, 11) is 0. The SMILES string of the molecule is CC1(C)O[C@H]2O[C@@H]3[C@@H](ON4C(=O)c5ccccc5C4=O)OCO[C@@H]3[C@H]2O1. The van der Waals surface area contributed by atoms with Crippen molar-refractivity contribution in [2.75, 3.05) is 6.79 Å². The second kappa shape index (κ2) is 5.56. The van der Waals surface area contributed by atoms with E-state index in [1.165, 1.54) is 0 Å². The first-order valence-electron chi connectivity index (χ1n) is 8.33. The minimum Gasteiger partial charge on any atom is -0.346 e. The number of amides is 2. The summed E-state index contributed by atoms with van der Waals surface area (Å²) >= 11 is 0. The molecule has 4 heterocycles. The summed E-state index contributed by atoms with van der Waals surface area (Å²) in [4.78, 5) is 30.5. The molecule has 1 aromatic rings. The fraction of sp³-hybridized carbons (Fsp3) is 0.529. The van der Waals surface area contributed by atoms with Crippen LogP contribution in [0.1, 0.15) is 34.6 Å². The third kappa shape index (κ3) is 2.33. The molecule has 2 amide bonds. The summed E-state index contributed by atoms with van der Waals surface area (Å²) in [6.45, 7) is 3.50. The molecule has 0 bridgehead atoms. The number of benzene rings is 1. The highest BCUT2D eigenvalue weighted by atomic mass is 16.9. The molecular formula is C17H17NO8. The highest BCUT2D eigenvalue weighted by molar-refractivity contribution is 6.20. The summed E-state index contributed by atoms with van der Waals surface area (Å²) in [5.41, 5.74) is 0.581. The Labute approximate surface area is 148 Å². The van der Waals surface area contributed by atoms with E-state index in [2.05, 4.69) is 0 Å². The fourth-order valence-corrected chi connectivity index (χ4v) is 3.65. The van der Waals surface area contributed by atoms with Gasteiger partial charge < -0.3 is 23.7 Å². The summed E-state index contributed by atoms with van der Waals surface area (Å²) in [6, 6.07) is 6.53. The van der Waals surface area contributed by atoms with Crippen LogP contribution in [0.15, 0.2) is 24.3 Å². The lowest BCUT2D eigenvalue weighted by Crippen LogP contribution is -2.52. The molecule has 9 nitrogen and oxygen atoms in total. The molecule has 0 spiro atoms. The lowest BCUT2D eigenvalue weighted by Gasteiger charge is -2.35. The predicted octanol–water partition coefficient (Wildman–Crippen LogP) is 0.790. The quantitative estimate of drug-likeness (QED) is 0.712. The van der Waals surface area contributed by atoms with Gasteiger partial charge in [-0.25, -0.2) is 4.84 Å². The van der Waals surface area contributed by atoms with E-state index in [0.29, 0.717) is 16.2 Å². The van der Waals surface area contributed by atoms with Gasteiger partial charge in [0.05, 0.1) is 11.1 Å². The molecule has 0 N–H and O–H groups in total. The molecule has 5 rings (SSSR count). The van der Waals surface area contributed by atoms with E-state index in [9.17, 15) is 9.59 Å². The topological polar surface area (TPSA) is 92.8 Å². The van der Waals surface area contributed by atoms with Crippen LogP contribution in [0.25, 0.3) is 0 Å². The first-order valence-corrected chi connectivity index (χ1v) is 8.33. The normalized spacial score (nSPS) is 37.6. The molecule has 138 valence electrons. The van der Waals surface area contributed by atoms with Gasteiger partial charge in [0.1, 0.15) is 18.3 Å². The molecule has 5 atom stereocenters. The zero-order valence-corrected chi connectivity index (χ0v) is 14.1. The van der Waals surface area contributed by atoms with Gasteiger partial charge in [-0.1, -0.05) is 12.1 Å². The number of nitrogens with zero attached hydrogens (tertiary/aromatic N) is 1. The van der Waals surface area contributed by atoms with Crippen molar-refractivity contribution < 1.29 is 38.1 Å². The molecule has 0 saturated carbocycles. The Morgan fingerprint density at radius 2 is 1.69 bits per heavy atom. The van der Waals surface area contributed by atoms with E-state index in [1.54, 1.807) is 38.1 Å². The minimum atomic E-state index is -1.00. The van der Waals surface area contributed by atoms with Crippen LogP contribution >= 0.6 is 0 Å². The lowest BCUT2D eigenvalue weighted by atomic mass is 10.1. The molecule has 0 aliphatic carbocycles. The van der Waals surface area contributed by atoms with Crippen LogP contribution in [0.5, 0.6) is 0 Å². The van der Waals surface area contributed by atoms with Crippen molar-refractivity contribution in [2.24, 2.45) is 0 Å². The van der Waals surface area contributed by atoms with Crippen molar-refractivity contribution >= 4 is 11.8 Å². The number of imide groups is 1. The Balaban J connectivity index is 1.35. The third-order valence-corrected chi connectivity index (χ3v) is 4.75. The Bertz CT molecular complexity index is 745. The number of rotatable bonds is 2. The van der Waals surface area contributed by atoms with Crippen molar-refractivity contribution in [3.8, 4) is 0 Å². The van der Waals surface area contributed by atoms with Crippen molar-refractivity contribution in [3.05, 3.63) is 35.4 Å². The second-order valence-electron chi connectivity index (χ2n) is 6.91. The molecule has 9 heteroatoms. The Hall–Kier alpha value is -1.88. The molecule has 1 aromatic carbocycles. The van der Waals surface area contributed by atoms with Gasteiger partial charge in [-0.15, -0.1) is 5.06 Å². The summed E-state index contributed by atoms with van der Waals surface area (Å²) in [6.07, 6.45) is -3.26. The Morgan fingerprint density at radius 1 is 1.00 bits per heavy atom. The lowest BCUT2D eigenvalue weighted by molar-refractivity contribution is -0.353. The van der Waals surface area contributed by atoms with Crippen LogP contribution < -0.4 is 0 Å². The van der Waals surface area contributed by atoms with Crippen LogP contribution in [-0.2, 0) is 28.5 Å². The van der Waals surface area contributed by atoms with Crippen molar-refractivity contribution in [2.45, 2.75) is 50.5 Å². The first kappa shape index (κ1) is 16.3. The van der Waals surface area contributed by atoms with Gasteiger partial charge in [-0.3, -0.25) is 9.59 Å². The fourth-order valence-electron chi connectivity index (χ4n) is 3.65. The number of hydroxylamine groups is 2. The molecule has 26 heavy (non-hydrogen) atoms. The number of carbonyl (C=O) groups excluding carboxylic acids is 2. The third-order valence-electron chi connectivity index (χ3n) is 4.75. The van der Waals surface area contributed by atoms with Crippen LogP contribution in [-0.4, -0.2) is 60.3 Å². The minimum absolute atomic E-state index is 0.0780. The van der Waals surface area contributed by atoms with Gasteiger partial charge in [0.25, 0.3) is 11.8 Å². The van der Waals surface area contributed by atoms with E-state index in [1.807, 2.05) is 0 Å². The highest BCUT2D eigenvalue weighted by Gasteiger charge is 2.60. The maximum Gasteiger partial charge on any atom is 0.285 e. The van der Waals surface area contributed by atoms with E-state index in [-0.39, 0.29) is 6.79 Å². The smallest absolute Gasteiger partial charge is 0.285 e. The van der Waals surface area contributed by atoms with Crippen LogP contribution in [0.3, 0.4) is 0 Å². The predicted molar refractivity (Wildman–Crippen MR) is 81.3 cm³/mol. The number of hydrogen-bond acceptors (Lipinski definition) is 8. The summed E-state index contributed by atoms with van der Waals surface area (Å²) < 4.78 is 28.4. The average Bonchev–Trinajstić information content (AvgIpc) is 3.18. The Morgan fingerprint density at radius 3 is 2.38 bits per heavy atom. The van der Waals surface area contributed by atoms with Gasteiger partial charge in [-0.2, -0.15) is 0 Å². The highest BCUT2D eigenvalue weighted by Crippen LogP contribution is 2.42. The zero-order valence-electron chi connectivity index (χ0n) is 14.1. The van der Waals surface area contributed by atoms with Crippen LogP contribution in [0.2, 0.25) is 0 Å². The van der Waals surface area contributed by atoms with E-state index < -0.39 is 48.5 Å². The van der Waals surface area contributed by atoms with E-state index in [0.717, 1.165) is 0 Å². The zero-order chi connectivity index (χ0) is 18.1. The van der Waals surface area contributed by atoms with Crippen LogP contribution in [0, 0.1) is 0 Å². The second-order valence-corrected chi connectivity index (χ2v) is 6.91. The van der Waals surface area contributed by atoms with Gasteiger partial charge in [-0.05, 0) is 26.0 Å². The standard InChI is InChI=1S/C17H17NO8/c1-17(2)24-12-10-11(23-16(12)25-17)15(22-7-21-10)26-18-13(19)8-5-3-4-6-9(8)14(18)20/h3-6,10-12,15-16H,7H2,1-2H3/t10-,11-,12+,15+,16+/m0/s1. The van der Waals surface area contributed by atoms with Crippen LogP contribution in [0.4, 0.5) is 0 Å².